The second-order valence-corrected chi connectivity index (χ2v) is 1.88. The molecule has 0 spiro atoms. The van der Waals surface area contributed by atoms with Crippen molar-refractivity contribution in [2.24, 2.45) is 5.73 Å². The molecule has 0 aromatic carbocycles. The number of hydrogen-bond donors (Lipinski definition) is 3. The monoisotopic (exact) mass is 144 g/mol. The molecule has 0 atom stereocenters. The number of amides is 1. The summed E-state index contributed by atoms with van der Waals surface area (Å²) in [6.07, 6.45) is 0. The van der Waals surface area contributed by atoms with Crippen molar-refractivity contribution < 1.29 is 9.90 Å². The number of carbonyl (C=O) groups is 1. The van der Waals surface area contributed by atoms with Crippen LogP contribution in [-0.2, 0) is 4.79 Å². The van der Waals surface area contributed by atoms with Crippen molar-refractivity contribution >= 4 is 5.91 Å². The Hall–Kier alpha value is -1.03. The predicted molar refractivity (Wildman–Crippen MR) is 38.0 cm³/mol. The lowest BCUT2D eigenvalue weighted by Crippen LogP contribution is -2.20. The largest absolute Gasteiger partial charge is 0.390 e. The highest BCUT2D eigenvalue weighted by Crippen LogP contribution is 1.96. The number of carbonyl (C=O) groups excluding carboxylic acids is 1. The Morgan fingerprint density at radius 3 is 2.30 bits per heavy atom. The summed E-state index contributed by atoms with van der Waals surface area (Å²) in [4.78, 5) is 10.5. The second-order valence-electron chi connectivity index (χ2n) is 1.88. The number of likely N-dealkylation sites (N-methyl/N-ethyl adjacent to an activating group) is 1. The zero-order valence-corrected chi connectivity index (χ0v) is 6.14. The number of hydrogen-bond acceptors (Lipinski definition) is 3. The van der Waals surface area contributed by atoms with Crippen molar-refractivity contribution in [1.82, 2.24) is 5.32 Å². The predicted octanol–water partition coefficient (Wildman–Crippen LogP) is -1.04. The van der Waals surface area contributed by atoms with Crippen molar-refractivity contribution in [2.75, 3.05) is 13.7 Å². The normalized spacial score (nSPS) is 12.3. The van der Waals surface area contributed by atoms with E-state index in [0.29, 0.717) is 11.3 Å². The third kappa shape index (κ3) is 2.06. The van der Waals surface area contributed by atoms with Gasteiger partial charge in [-0.15, -0.1) is 0 Å². The van der Waals surface area contributed by atoms with Gasteiger partial charge in [-0.3, -0.25) is 4.79 Å². The highest BCUT2D eigenvalue weighted by atomic mass is 16.3. The third-order valence-corrected chi connectivity index (χ3v) is 1.28. The van der Waals surface area contributed by atoms with Gasteiger partial charge in [0.05, 0.1) is 6.61 Å². The minimum atomic E-state index is -0.515. The van der Waals surface area contributed by atoms with Crippen LogP contribution in [0.5, 0.6) is 0 Å². The molecule has 0 heterocycles. The van der Waals surface area contributed by atoms with E-state index in [1.807, 2.05) is 0 Å². The Labute approximate surface area is 59.7 Å². The lowest BCUT2D eigenvalue weighted by atomic mass is 10.2. The van der Waals surface area contributed by atoms with Crippen LogP contribution < -0.4 is 11.1 Å². The molecule has 0 aliphatic rings. The van der Waals surface area contributed by atoms with Crippen LogP contribution in [0.2, 0.25) is 0 Å². The Bertz CT molecular complexity index is 157. The fraction of sp³-hybridized carbons (Fsp3) is 0.500. The third-order valence-electron chi connectivity index (χ3n) is 1.28. The van der Waals surface area contributed by atoms with E-state index in [1.165, 1.54) is 0 Å². The standard InChI is InChI=1S/C6H12N2O2/c1-4(6(7)10)5(3-9)8-2/h8-9H,3H2,1-2H3,(H2,7,10)/b5-4-. The SMILES string of the molecule is CN/C(CO)=C(/C)C(N)=O. The smallest absolute Gasteiger partial charge is 0.246 e. The molecule has 0 aliphatic carbocycles. The molecular weight excluding hydrogens is 132 g/mol. The van der Waals surface area contributed by atoms with Crippen LogP contribution in [-0.4, -0.2) is 24.7 Å². The van der Waals surface area contributed by atoms with Crippen LogP contribution in [0.15, 0.2) is 11.3 Å². The fourth-order valence-electron chi connectivity index (χ4n) is 0.534. The molecule has 0 bridgehead atoms. The molecule has 0 rings (SSSR count). The van der Waals surface area contributed by atoms with Crippen LogP contribution in [0.25, 0.3) is 0 Å². The summed E-state index contributed by atoms with van der Waals surface area (Å²) in [6.45, 7) is 1.37. The van der Waals surface area contributed by atoms with Crippen LogP contribution in [0.1, 0.15) is 6.92 Å². The Morgan fingerprint density at radius 1 is 1.70 bits per heavy atom. The van der Waals surface area contributed by atoms with Gasteiger partial charge in [0, 0.05) is 18.3 Å². The molecule has 0 aromatic heterocycles. The first-order valence-corrected chi connectivity index (χ1v) is 2.91. The van der Waals surface area contributed by atoms with E-state index in [0.717, 1.165) is 0 Å². The molecule has 0 radical (unpaired) electrons. The first-order valence-electron chi connectivity index (χ1n) is 2.91. The second kappa shape index (κ2) is 3.90. The van der Waals surface area contributed by atoms with E-state index in [1.54, 1.807) is 14.0 Å². The van der Waals surface area contributed by atoms with E-state index >= 15 is 0 Å². The molecule has 4 nitrogen and oxygen atoms in total. The molecule has 0 aliphatic heterocycles. The lowest BCUT2D eigenvalue weighted by molar-refractivity contribution is -0.114. The topological polar surface area (TPSA) is 75.3 Å². The molecule has 1 amide bonds. The molecule has 4 heteroatoms. The number of nitrogens with one attached hydrogen (secondary N) is 1. The highest BCUT2D eigenvalue weighted by molar-refractivity contribution is 5.92. The molecule has 0 aromatic rings. The van der Waals surface area contributed by atoms with Gasteiger partial charge in [0.15, 0.2) is 0 Å². The van der Waals surface area contributed by atoms with Crippen LogP contribution in [0.4, 0.5) is 0 Å². The van der Waals surface area contributed by atoms with Crippen molar-refractivity contribution in [3.63, 3.8) is 0 Å². The van der Waals surface area contributed by atoms with Crippen LogP contribution >= 0.6 is 0 Å². The summed E-state index contributed by atoms with van der Waals surface area (Å²) in [7, 11) is 1.62. The summed E-state index contributed by atoms with van der Waals surface area (Å²) >= 11 is 0. The van der Waals surface area contributed by atoms with E-state index in [2.05, 4.69) is 5.32 Å². The number of aliphatic hydroxyl groups is 1. The van der Waals surface area contributed by atoms with Crippen LogP contribution in [0, 0.1) is 0 Å². The summed E-state index contributed by atoms with van der Waals surface area (Å²) < 4.78 is 0. The van der Waals surface area contributed by atoms with Crippen molar-refractivity contribution in [2.45, 2.75) is 6.92 Å². The minimum absolute atomic E-state index is 0.189. The van der Waals surface area contributed by atoms with Crippen molar-refractivity contribution in [3.8, 4) is 0 Å². The van der Waals surface area contributed by atoms with E-state index < -0.39 is 5.91 Å². The zero-order chi connectivity index (χ0) is 8.15. The van der Waals surface area contributed by atoms with Gasteiger partial charge in [-0.25, -0.2) is 0 Å². The Kier molecular flexibility index (Phi) is 3.49. The molecule has 0 saturated carbocycles. The van der Waals surface area contributed by atoms with Gasteiger partial charge in [-0.2, -0.15) is 0 Å². The quantitative estimate of drug-likeness (QED) is 0.443. The van der Waals surface area contributed by atoms with Gasteiger partial charge in [0.2, 0.25) is 5.91 Å². The van der Waals surface area contributed by atoms with Gasteiger partial charge in [0.25, 0.3) is 0 Å². The fourth-order valence-corrected chi connectivity index (χ4v) is 0.534. The Morgan fingerprint density at radius 2 is 2.20 bits per heavy atom. The molecular formula is C6H12N2O2. The summed E-state index contributed by atoms with van der Waals surface area (Å²) in [5, 5.41) is 11.3. The first-order chi connectivity index (χ1) is 4.63. The van der Waals surface area contributed by atoms with E-state index in [9.17, 15) is 4.79 Å². The maximum absolute atomic E-state index is 10.5. The number of aliphatic hydroxyl groups excluding tert-OH is 1. The Balaban J connectivity index is 4.43. The summed E-state index contributed by atoms with van der Waals surface area (Å²) in [6, 6.07) is 0. The number of rotatable bonds is 3. The maximum Gasteiger partial charge on any atom is 0.246 e. The van der Waals surface area contributed by atoms with Crippen LogP contribution in [0.3, 0.4) is 0 Å². The summed E-state index contributed by atoms with van der Waals surface area (Å²) in [5.41, 5.74) is 5.77. The number of nitrogens with two attached hydrogens (primary N) is 1. The minimum Gasteiger partial charge on any atom is -0.390 e. The maximum atomic E-state index is 10.5. The van der Waals surface area contributed by atoms with Gasteiger partial charge >= 0.3 is 0 Å². The van der Waals surface area contributed by atoms with Gasteiger partial charge in [-0.05, 0) is 6.92 Å². The number of primary amides is 1. The summed E-state index contributed by atoms with van der Waals surface area (Å²) in [5.74, 6) is -0.515. The average Bonchev–Trinajstić information content (AvgIpc) is 1.90. The van der Waals surface area contributed by atoms with Gasteiger partial charge in [0.1, 0.15) is 0 Å². The van der Waals surface area contributed by atoms with Gasteiger partial charge in [-0.1, -0.05) is 0 Å². The van der Waals surface area contributed by atoms with E-state index in [-0.39, 0.29) is 6.61 Å². The molecule has 4 N–H and O–H groups in total. The average molecular weight is 144 g/mol. The molecule has 0 saturated heterocycles. The zero-order valence-electron chi connectivity index (χ0n) is 6.14. The highest BCUT2D eigenvalue weighted by Gasteiger charge is 2.03. The lowest BCUT2D eigenvalue weighted by Gasteiger charge is -2.04. The van der Waals surface area contributed by atoms with Crippen molar-refractivity contribution in [3.05, 3.63) is 11.3 Å². The van der Waals surface area contributed by atoms with Gasteiger partial charge < -0.3 is 16.2 Å². The van der Waals surface area contributed by atoms with Crippen molar-refractivity contribution in [1.29, 1.82) is 0 Å². The molecule has 0 fully saturated rings. The molecule has 10 heavy (non-hydrogen) atoms. The van der Waals surface area contributed by atoms with E-state index in [4.69, 9.17) is 10.8 Å². The molecule has 0 unspecified atom stereocenters. The first kappa shape index (κ1) is 8.97. The molecule has 58 valence electrons.